The van der Waals surface area contributed by atoms with Gasteiger partial charge in [0.15, 0.2) is 0 Å². The second-order valence-electron chi connectivity index (χ2n) is 16.2. The van der Waals surface area contributed by atoms with E-state index >= 15 is 0 Å². The maximum Gasteiger partial charge on any atom is 0.383 e. The summed E-state index contributed by atoms with van der Waals surface area (Å²) in [6.07, 6.45) is 4.44. The van der Waals surface area contributed by atoms with Gasteiger partial charge in [-0.15, -0.1) is 13.5 Å². The number of hydroxylamine groups is 12. The molecule has 0 aromatic heterocycles. The van der Waals surface area contributed by atoms with E-state index in [1.54, 1.807) is 0 Å². The summed E-state index contributed by atoms with van der Waals surface area (Å²) >= 11 is 0. The van der Waals surface area contributed by atoms with E-state index in [1.807, 2.05) is 0 Å². The van der Waals surface area contributed by atoms with Gasteiger partial charge >= 0.3 is 58.8 Å². The molecule has 6 atom stereocenters. The molecule has 7 rings (SSSR count). The van der Waals surface area contributed by atoms with E-state index in [4.69, 9.17) is 69.7 Å². The van der Waals surface area contributed by atoms with Crippen LogP contribution in [-0.2, 0) is 84.9 Å². The molecule has 0 radical (unpaired) electrons. The Morgan fingerprint density at radius 3 is 0.606 bits per heavy atom. The van der Waals surface area contributed by atoms with Crippen molar-refractivity contribution in [2.75, 3.05) is 81.9 Å². The van der Waals surface area contributed by atoms with Gasteiger partial charge in [0.2, 0.25) is 0 Å². The number of esters is 6. The first-order valence-corrected chi connectivity index (χ1v) is 26.5. The molecule has 0 aromatic rings. The van der Waals surface area contributed by atoms with Crippen LogP contribution in [0.3, 0.4) is 0 Å². The summed E-state index contributed by atoms with van der Waals surface area (Å²) < 4.78 is 87.7. The van der Waals surface area contributed by atoms with Gasteiger partial charge in [0.1, 0.15) is 36.3 Å². The third kappa shape index (κ3) is 11.1. The van der Waals surface area contributed by atoms with Crippen molar-refractivity contribution in [1.29, 1.82) is 0 Å². The van der Waals surface area contributed by atoms with Gasteiger partial charge in [-0.1, -0.05) is 0 Å². The Balaban J connectivity index is 1.54. The topological polar surface area (TPSA) is 270 Å². The highest BCUT2D eigenvalue weighted by Crippen LogP contribution is 2.82. The van der Waals surface area contributed by atoms with Crippen LogP contribution in [0.2, 0.25) is 0 Å². The lowest BCUT2D eigenvalue weighted by atomic mass is 10.2. The predicted octanol–water partition coefficient (Wildman–Crippen LogP) is 3.25. The lowest BCUT2D eigenvalue weighted by Crippen LogP contribution is -2.41. The molecule has 30 heteroatoms. The number of carbonyl (C=O) groups is 6. The lowest BCUT2D eigenvalue weighted by Gasteiger charge is -2.40. The van der Waals surface area contributed by atoms with Gasteiger partial charge in [-0.3, -0.25) is 28.8 Å². The Labute approximate surface area is 382 Å². The second kappa shape index (κ2) is 22.2. The van der Waals surface area contributed by atoms with Gasteiger partial charge in [0, 0.05) is 39.3 Å². The SMILES string of the molecule is COC(=O)C1CCCN1OP1(ON2CCCC2C(=O)OC)=NP(ON2CCCC2C(=O)OC)(ON2CCCC2C(=O)OC)=NP(ON2CCCC2C(=O)OC)(ON2CCCC2C(=O)OC)=N1. The molecule has 0 N–H and O–H groups in total. The molecular formula is C36H60N9O18P3. The van der Waals surface area contributed by atoms with Crippen molar-refractivity contribution in [3.05, 3.63) is 0 Å². The van der Waals surface area contributed by atoms with Gasteiger partial charge in [-0.25, -0.2) is 27.7 Å². The zero-order valence-electron chi connectivity index (χ0n) is 37.9. The summed E-state index contributed by atoms with van der Waals surface area (Å²) in [5, 5.41) is 7.86. The third-order valence-electron chi connectivity index (χ3n) is 12.0. The van der Waals surface area contributed by atoms with Crippen molar-refractivity contribution in [2.45, 2.75) is 113 Å². The minimum absolute atomic E-state index is 0.133. The lowest BCUT2D eigenvalue weighted by molar-refractivity contribution is -0.169. The quantitative estimate of drug-likeness (QED) is 0.108. The molecule has 0 aliphatic carbocycles. The normalized spacial score (nSPS) is 34.6. The number of hydrogen-bond acceptors (Lipinski definition) is 27. The van der Waals surface area contributed by atoms with Crippen molar-refractivity contribution >= 4 is 58.8 Å². The Morgan fingerprint density at radius 1 is 0.318 bits per heavy atom. The zero-order chi connectivity index (χ0) is 47.2. The Hall–Kier alpha value is -2.97. The number of rotatable bonds is 18. The van der Waals surface area contributed by atoms with Crippen molar-refractivity contribution in [2.24, 2.45) is 13.5 Å². The fraction of sp³-hybridized carbons (Fsp3) is 0.833. The van der Waals surface area contributed by atoms with E-state index in [9.17, 15) is 28.8 Å². The summed E-state index contributed by atoms with van der Waals surface area (Å²) in [5.41, 5.74) is 0. The molecule has 6 unspecified atom stereocenters. The standard InChI is InChI=1S/C36H60N9O18P3/c1-52-31(46)25-13-7-19-40(25)58-64(59-41-20-8-14-26(41)32(47)53-2)37-65(60-42-21-9-15-27(42)33(48)54-3,61-43-22-10-16-28(43)34(49)55-4)39-66(38-64,62-44-23-11-17-29(44)35(50)56-5)63-45-24-12-18-30(45)36(51)57-6/h25-30H,7-24H2,1-6H3. The van der Waals surface area contributed by atoms with Gasteiger partial charge in [-0.2, -0.15) is 30.4 Å². The van der Waals surface area contributed by atoms with Crippen LogP contribution < -0.4 is 0 Å². The molecule has 372 valence electrons. The van der Waals surface area contributed by atoms with Gasteiger partial charge < -0.3 is 28.4 Å². The average molecular weight is 1000 g/mol. The average Bonchev–Trinajstić information content (AvgIpc) is 4.18. The minimum atomic E-state index is -4.72. The maximum absolute atomic E-state index is 13.4. The highest BCUT2D eigenvalue weighted by atomic mass is 31.3. The second-order valence-corrected chi connectivity index (χ2v) is 22.2. The van der Waals surface area contributed by atoms with Crippen LogP contribution in [0.4, 0.5) is 0 Å². The van der Waals surface area contributed by atoms with Crippen LogP contribution in [0.25, 0.3) is 0 Å². The van der Waals surface area contributed by atoms with Crippen LogP contribution in [0, 0.1) is 0 Å². The summed E-state index contributed by atoms with van der Waals surface area (Å²) in [7, 11) is -6.73. The van der Waals surface area contributed by atoms with E-state index in [2.05, 4.69) is 0 Å². The van der Waals surface area contributed by atoms with Gasteiger partial charge in [0.25, 0.3) is 0 Å². The van der Waals surface area contributed by atoms with Crippen LogP contribution in [0.15, 0.2) is 13.5 Å². The Morgan fingerprint density at radius 2 is 0.470 bits per heavy atom. The van der Waals surface area contributed by atoms with E-state index in [-0.39, 0.29) is 39.3 Å². The fourth-order valence-corrected chi connectivity index (χ4v) is 18.1. The maximum atomic E-state index is 13.4. The van der Waals surface area contributed by atoms with Crippen molar-refractivity contribution < 1.29 is 84.9 Å². The number of methoxy groups -OCH3 is 6. The van der Waals surface area contributed by atoms with Crippen LogP contribution in [-0.4, -0.2) is 184 Å². The molecule has 6 fully saturated rings. The molecule has 7 aliphatic heterocycles. The first-order valence-electron chi connectivity index (χ1n) is 21.9. The summed E-state index contributed by atoms with van der Waals surface area (Å²) in [5.74, 6) is -3.86. The molecule has 66 heavy (non-hydrogen) atoms. The van der Waals surface area contributed by atoms with Crippen LogP contribution >= 0.6 is 23.0 Å². The fourth-order valence-electron chi connectivity index (χ4n) is 8.80. The van der Waals surface area contributed by atoms with E-state index < -0.39 is 95.0 Å². The van der Waals surface area contributed by atoms with Crippen molar-refractivity contribution in [3.63, 3.8) is 0 Å². The van der Waals surface area contributed by atoms with Crippen molar-refractivity contribution in [3.8, 4) is 0 Å². The number of ether oxygens (including phenoxy) is 6. The van der Waals surface area contributed by atoms with E-state index in [0.717, 1.165) is 0 Å². The monoisotopic (exact) mass is 999 g/mol. The Kier molecular flexibility index (Phi) is 17.1. The van der Waals surface area contributed by atoms with Gasteiger partial charge in [0.05, 0.1) is 42.7 Å². The minimum Gasteiger partial charge on any atom is -0.468 e. The highest BCUT2D eigenvalue weighted by molar-refractivity contribution is 7.78. The van der Waals surface area contributed by atoms with Crippen LogP contribution in [0.5, 0.6) is 0 Å². The van der Waals surface area contributed by atoms with E-state index in [1.165, 1.54) is 73.0 Å². The molecule has 0 amide bonds. The largest absolute Gasteiger partial charge is 0.468 e. The molecule has 0 saturated carbocycles. The number of hydrogen-bond donors (Lipinski definition) is 0. The van der Waals surface area contributed by atoms with Crippen molar-refractivity contribution in [1.82, 2.24) is 30.4 Å². The molecule has 7 heterocycles. The molecule has 27 nitrogen and oxygen atoms in total. The smallest absolute Gasteiger partial charge is 0.383 e. The van der Waals surface area contributed by atoms with E-state index in [0.29, 0.717) is 77.0 Å². The zero-order valence-corrected chi connectivity index (χ0v) is 40.6. The summed E-state index contributed by atoms with van der Waals surface area (Å²) in [4.78, 5) is 80.2. The van der Waals surface area contributed by atoms with Crippen LogP contribution in [0.1, 0.15) is 77.0 Å². The summed E-state index contributed by atoms with van der Waals surface area (Å²) in [6, 6.07) is -6.04. The molecular weight excluding hydrogens is 939 g/mol. The number of nitrogens with zero attached hydrogens (tertiary/aromatic N) is 9. The third-order valence-corrected chi connectivity index (χ3v) is 20.0. The number of carbonyl (C=O) groups excluding carboxylic acids is 6. The summed E-state index contributed by atoms with van der Waals surface area (Å²) in [6.45, 7) is 0.797. The highest BCUT2D eigenvalue weighted by Gasteiger charge is 2.55. The molecule has 0 bridgehead atoms. The Bertz CT molecular complexity index is 1660. The predicted molar refractivity (Wildman–Crippen MR) is 225 cm³/mol. The molecule has 6 saturated heterocycles. The molecule has 0 aromatic carbocycles. The van der Waals surface area contributed by atoms with Gasteiger partial charge in [-0.05, 0) is 77.0 Å². The first-order chi connectivity index (χ1) is 31.7. The molecule has 0 spiro atoms. The first kappa shape index (κ1) is 50.9. The molecule has 7 aliphatic rings.